The Balaban J connectivity index is 2.52. The molecule has 2 N–H and O–H groups in total. The van der Waals surface area contributed by atoms with Gasteiger partial charge in [0.15, 0.2) is 5.78 Å². The predicted octanol–water partition coefficient (Wildman–Crippen LogP) is 0.993. The molecule has 0 aromatic heterocycles. The van der Waals surface area contributed by atoms with Gasteiger partial charge in [-0.15, -0.1) is 0 Å². The molecule has 0 aromatic rings. The molecule has 0 amide bonds. The van der Waals surface area contributed by atoms with Crippen LogP contribution < -0.4 is 0 Å². The molecule has 1 heterocycles. The lowest BCUT2D eigenvalue weighted by Crippen LogP contribution is -2.46. The highest BCUT2D eigenvalue weighted by atomic mass is 16.6. The van der Waals surface area contributed by atoms with Gasteiger partial charge in [-0.05, 0) is 32.4 Å². The lowest BCUT2D eigenvalue weighted by Gasteiger charge is -2.33. The summed E-state index contributed by atoms with van der Waals surface area (Å²) < 4.78 is 10.7. The van der Waals surface area contributed by atoms with Gasteiger partial charge in [-0.3, -0.25) is 4.79 Å². The molecule has 0 aromatic carbocycles. The summed E-state index contributed by atoms with van der Waals surface area (Å²) in [6.07, 6.45) is -2.00. The van der Waals surface area contributed by atoms with E-state index in [1.54, 1.807) is 6.92 Å². The van der Waals surface area contributed by atoms with Gasteiger partial charge >= 0.3 is 11.9 Å². The Morgan fingerprint density at radius 3 is 2.62 bits per heavy atom. The fourth-order valence-corrected chi connectivity index (χ4v) is 3.09. The van der Waals surface area contributed by atoms with E-state index in [9.17, 15) is 24.6 Å². The third kappa shape index (κ3) is 3.94. The SMILES string of the molecule is C=C(C)C(=O)O[C@H]1C[C@@](C)(O)C(=O)C[C@@H](O)/C(C)=C\[C@H]2OC(=O)C(=C)[C@H]12. The first kappa shape index (κ1) is 20.1. The number of Topliss-reactive ketones (excluding diaryl/α,β-unsaturated/α-hetero) is 1. The van der Waals surface area contributed by atoms with Gasteiger partial charge < -0.3 is 19.7 Å². The van der Waals surface area contributed by atoms with Crippen molar-refractivity contribution in [3.05, 3.63) is 36.0 Å². The highest BCUT2D eigenvalue weighted by Gasteiger charge is 2.48. The Morgan fingerprint density at radius 2 is 2.04 bits per heavy atom. The van der Waals surface area contributed by atoms with Crippen LogP contribution >= 0.6 is 0 Å². The van der Waals surface area contributed by atoms with E-state index in [-0.39, 0.29) is 24.0 Å². The van der Waals surface area contributed by atoms with Crippen molar-refractivity contribution in [2.45, 2.75) is 57.5 Å². The number of aliphatic hydroxyl groups is 2. The predicted molar refractivity (Wildman–Crippen MR) is 91.8 cm³/mol. The number of esters is 2. The second-order valence-electron chi connectivity index (χ2n) is 7.18. The van der Waals surface area contributed by atoms with E-state index in [1.807, 2.05) is 0 Å². The molecule has 142 valence electrons. The number of hydrogen-bond acceptors (Lipinski definition) is 7. The van der Waals surface area contributed by atoms with E-state index in [4.69, 9.17) is 9.47 Å². The quantitative estimate of drug-likeness (QED) is 0.427. The van der Waals surface area contributed by atoms with E-state index >= 15 is 0 Å². The number of aliphatic hydroxyl groups excluding tert-OH is 1. The molecule has 5 atom stereocenters. The summed E-state index contributed by atoms with van der Waals surface area (Å²) >= 11 is 0. The van der Waals surface area contributed by atoms with Crippen molar-refractivity contribution in [2.75, 3.05) is 0 Å². The number of ether oxygens (including phenoxy) is 2. The summed E-state index contributed by atoms with van der Waals surface area (Å²) in [4.78, 5) is 36.5. The maximum atomic E-state index is 12.4. The maximum absolute atomic E-state index is 12.4. The fourth-order valence-electron chi connectivity index (χ4n) is 3.09. The van der Waals surface area contributed by atoms with Gasteiger partial charge in [0.25, 0.3) is 0 Å². The Labute approximate surface area is 152 Å². The molecule has 0 bridgehead atoms. The van der Waals surface area contributed by atoms with Crippen molar-refractivity contribution >= 4 is 17.7 Å². The minimum atomic E-state index is -1.87. The molecule has 0 radical (unpaired) electrons. The number of rotatable bonds is 2. The normalized spacial score (nSPS) is 37.3. The van der Waals surface area contributed by atoms with Crippen LogP contribution in [0, 0.1) is 5.92 Å². The molecule has 1 aliphatic heterocycles. The number of hydrogen-bond donors (Lipinski definition) is 2. The Hall–Kier alpha value is -2.25. The second kappa shape index (κ2) is 7.17. The lowest BCUT2D eigenvalue weighted by atomic mass is 9.79. The summed E-state index contributed by atoms with van der Waals surface area (Å²) in [7, 11) is 0. The molecular weight excluding hydrogens is 340 g/mol. The summed E-state index contributed by atoms with van der Waals surface area (Å²) in [5.74, 6) is -2.74. The zero-order chi connectivity index (χ0) is 19.8. The summed E-state index contributed by atoms with van der Waals surface area (Å²) in [6, 6.07) is 0. The molecule has 7 heteroatoms. The standard InChI is InChI=1S/C19H24O7/c1-9(2)17(22)26-14-8-19(5,24)15(21)7-12(20)10(3)6-13-16(14)11(4)18(23)25-13/h6,12-14,16,20,24H,1,4,7-8H2,2-3,5H3/b10-6-/t12-,13-,14+,16+,19-/m1/s1. The van der Waals surface area contributed by atoms with Crippen LogP contribution in [-0.4, -0.2) is 51.8 Å². The van der Waals surface area contributed by atoms with Crippen LogP contribution in [0.4, 0.5) is 0 Å². The fraction of sp³-hybridized carbons (Fsp3) is 0.526. The first-order valence-corrected chi connectivity index (χ1v) is 8.32. The van der Waals surface area contributed by atoms with Crippen molar-refractivity contribution in [1.82, 2.24) is 0 Å². The van der Waals surface area contributed by atoms with Gasteiger partial charge in [0.05, 0.1) is 12.0 Å². The highest BCUT2D eigenvalue weighted by molar-refractivity contribution is 5.92. The zero-order valence-electron chi connectivity index (χ0n) is 15.2. The molecule has 1 saturated heterocycles. The average Bonchev–Trinajstić information content (AvgIpc) is 2.79. The number of ketones is 1. The van der Waals surface area contributed by atoms with Gasteiger partial charge in [0.2, 0.25) is 0 Å². The third-order valence-electron chi connectivity index (χ3n) is 4.80. The third-order valence-corrected chi connectivity index (χ3v) is 4.80. The number of carbonyl (C=O) groups is 3. The topological polar surface area (TPSA) is 110 Å². The van der Waals surface area contributed by atoms with Crippen LogP contribution in [-0.2, 0) is 23.9 Å². The van der Waals surface area contributed by atoms with Crippen LogP contribution in [0.25, 0.3) is 0 Å². The summed E-state index contributed by atoms with van der Waals surface area (Å²) in [6.45, 7) is 11.6. The largest absolute Gasteiger partial charge is 0.458 e. The Bertz CT molecular complexity index is 701. The van der Waals surface area contributed by atoms with Gasteiger partial charge in [0, 0.05) is 24.0 Å². The molecule has 2 aliphatic rings. The van der Waals surface area contributed by atoms with Gasteiger partial charge in [-0.1, -0.05) is 13.2 Å². The molecule has 0 saturated carbocycles. The number of fused-ring (bicyclic) bond motifs is 1. The maximum Gasteiger partial charge on any atom is 0.334 e. The number of carbonyl (C=O) groups excluding carboxylic acids is 3. The average molecular weight is 364 g/mol. The van der Waals surface area contributed by atoms with Crippen LogP contribution in [0.1, 0.15) is 33.6 Å². The van der Waals surface area contributed by atoms with Gasteiger partial charge in [-0.2, -0.15) is 0 Å². The van der Waals surface area contributed by atoms with Crippen molar-refractivity contribution < 1.29 is 34.1 Å². The van der Waals surface area contributed by atoms with Gasteiger partial charge in [-0.25, -0.2) is 9.59 Å². The molecule has 26 heavy (non-hydrogen) atoms. The highest BCUT2D eigenvalue weighted by Crippen LogP contribution is 2.37. The van der Waals surface area contributed by atoms with Crippen LogP contribution in [0.5, 0.6) is 0 Å². The van der Waals surface area contributed by atoms with Crippen molar-refractivity contribution in [1.29, 1.82) is 0 Å². The van der Waals surface area contributed by atoms with E-state index in [0.717, 1.165) is 0 Å². The molecule has 1 aliphatic carbocycles. The summed E-state index contributed by atoms with van der Waals surface area (Å²) in [5.41, 5.74) is -1.23. The van der Waals surface area contributed by atoms with Crippen LogP contribution in [0.3, 0.4) is 0 Å². The van der Waals surface area contributed by atoms with E-state index in [2.05, 4.69) is 13.2 Å². The Morgan fingerprint density at radius 1 is 1.42 bits per heavy atom. The van der Waals surface area contributed by atoms with Crippen molar-refractivity contribution in [2.24, 2.45) is 5.92 Å². The van der Waals surface area contributed by atoms with Crippen LogP contribution in [0.15, 0.2) is 36.0 Å². The second-order valence-corrected chi connectivity index (χ2v) is 7.18. The molecule has 2 rings (SSSR count). The Kier molecular flexibility index (Phi) is 5.53. The first-order valence-electron chi connectivity index (χ1n) is 8.32. The van der Waals surface area contributed by atoms with E-state index in [0.29, 0.717) is 5.57 Å². The molecular formula is C19H24O7. The minimum absolute atomic E-state index is 0.0804. The van der Waals surface area contributed by atoms with Crippen LogP contribution in [0.2, 0.25) is 0 Å². The molecule has 0 spiro atoms. The minimum Gasteiger partial charge on any atom is -0.458 e. The van der Waals surface area contributed by atoms with Crippen molar-refractivity contribution in [3.63, 3.8) is 0 Å². The lowest BCUT2D eigenvalue weighted by molar-refractivity contribution is -0.156. The van der Waals surface area contributed by atoms with Gasteiger partial charge in [0.1, 0.15) is 17.8 Å². The smallest absolute Gasteiger partial charge is 0.334 e. The molecule has 1 fully saturated rings. The monoisotopic (exact) mass is 364 g/mol. The van der Waals surface area contributed by atoms with E-state index in [1.165, 1.54) is 19.9 Å². The molecule has 7 nitrogen and oxygen atoms in total. The van der Waals surface area contributed by atoms with Crippen molar-refractivity contribution in [3.8, 4) is 0 Å². The first-order chi connectivity index (χ1) is 11.9. The summed E-state index contributed by atoms with van der Waals surface area (Å²) in [5, 5.41) is 20.8. The molecule has 0 unspecified atom stereocenters. The zero-order valence-corrected chi connectivity index (χ0v) is 15.2. The van der Waals surface area contributed by atoms with E-state index < -0.39 is 47.6 Å².